The highest BCUT2D eigenvalue weighted by Crippen LogP contribution is 2.31. The van der Waals surface area contributed by atoms with Crippen molar-refractivity contribution >= 4 is 17.2 Å². The van der Waals surface area contributed by atoms with Gasteiger partial charge in [0.2, 0.25) is 5.91 Å². The molecule has 1 aromatic carbocycles. The number of carbonyl (C=O) groups is 1. The van der Waals surface area contributed by atoms with Crippen LogP contribution in [0.2, 0.25) is 0 Å². The van der Waals surface area contributed by atoms with Gasteiger partial charge in [-0.1, -0.05) is 24.3 Å². The summed E-state index contributed by atoms with van der Waals surface area (Å²) >= 11 is 1.76. The molecule has 2 heterocycles. The van der Waals surface area contributed by atoms with Gasteiger partial charge in [0.25, 0.3) is 0 Å². The fraction of sp³-hybridized carbons (Fsp3) is 0.444. The first-order valence-corrected chi connectivity index (χ1v) is 8.83. The summed E-state index contributed by atoms with van der Waals surface area (Å²) in [5.41, 5.74) is 3.94. The van der Waals surface area contributed by atoms with Crippen molar-refractivity contribution < 1.29 is 4.79 Å². The predicted octanol–water partition coefficient (Wildman–Crippen LogP) is 3.14. The lowest BCUT2D eigenvalue weighted by Crippen LogP contribution is -2.41. The number of aromatic nitrogens is 1. The lowest BCUT2D eigenvalue weighted by atomic mass is 9.89. The van der Waals surface area contributed by atoms with Crippen LogP contribution in [0.4, 0.5) is 0 Å². The van der Waals surface area contributed by atoms with Gasteiger partial charge in [-0.2, -0.15) is 0 Å². The Balaban J connectivity index is 1.49. The van der Waals surface area contributed by atoms with E-state index in [2.05, 4.69) is 41.1 Å². The first-order chi connectivity index (χ1) is 10.7. The summed E-state index contributed by atoms with van der Waals surface area (Å²) in [6.45, 7) is 3.70. The number of benzene rings is 1. The van der Waals surface area contributed by atoms with Gasteiger partial charge in [-0.15, -0.1) is 11.3 Å². The molecule has 0 radical (unpaired) electrons. The Morgan fingerprint density at radius 3 is 2.95 bits per heavy atom. The van der Waals surface area contributed by atoms with Crippen molar-refractivity contribution in [3.05, 3.63) is 51.0 Å². The van der Waals surface area contributed by atoms with Gasteiger partial charge in [-0.3, -0.25) is 4.79 Å². The average molecular weight is 312 g/mol. The quantitative estimate of drug-likeness (QED) is 0.810. The van der Waals surface area contributed by atoms with Crippen LogP contribution in [0.3, 0.4) is 0 Å². The molecule has 0 saturated heterocycles. The molecule has 114 valence electrons. The van der Waals surface area contributed by atoms with Crippen LogP contribution in [-0.4, -0.2) is 22.3 Å². The minimum atomic E-state index is 0.151. The van der Waals surface area contributed by atoms with Gasteiger partial charge in [-0.25, -0.2) is 4.98 Å². The van der Waals surface area contributed by atoms with Crippen LogP contribution >= 0.6 is 11.3 Å². The van der Waals surface area contributed by atoms with Crippen molar-refractivity contribution in [3.8, 4) is 0 Å². The third-order valence-corrected chi connectivity index (χ3v) is 5.87. The van der Waals surface area contributed by atoms with E-state index in [9.17, 15) is 4.79 Å². The van der Waals surface area contributed by atoms with Gasteiger partial charge in [0, 0.05) is 23.9 Å². The van der Waals surface area contributed by atoms with Crippen molar-refractivity contribution in [3.63, 3.8) is 0 Å². The second kappa shape index (κ2) is 5.51. The first kappa shape index (κ1) is 13.9. The number of fused-ring (bicyclic) bond motifs is 2. The van der Waals surface area contributed by atoms with Crippen molar-refractivity contribution in [2.45, 2.75) is 39.2 Å². The second-order valence-electron chi connectivity index (χ2n) is 6.32. The Labute approximate surface area is 135 Å². The molecule has 0 N–H and O–H groups in total. The molecule has 3 nitrogen and oxygen atoms in total. The van der Waals surface area contributed by atoms with Gasteiger partial charge in [0.15, 0.2) is 0 Å². The van der Waals surface area contributed by atoms with Crippen LogP contribution < -0.4 is 0 Å². The van der Waals surface area contributed by atoms with Gasteiger partial charge in [0.1, 0.15) is 0 Å². The molecule has 1 amide bonds. The van der Waals surface area contributed by atoms with E-state index in [4.69, 9.17) is 0 Å². The smallest absolute Gasteiger partial charge is 0.226 e. The molecule has 4 heteroatoms. The van der Waals surface area contributed by atoms with E-state index in [0.717, 1.165) is 43.8 Å². The Hall–Kier alpha value is -1.68. The molecule has 0 saturated carbocycles. The fourth-order valence-electron chi connectivity index (χ4n) is 3.66. The highest BCUT2D eigenvalue weighted by molar-refractivity contribution is 7.11. The summed E-state index contributed by atoms with van der Waals surface area (Å²) in [4.78, 5) is 20.9. The third kappa shape index (κ3) is 2.45. The summed E-state index contributed by atoms with van der Waals surface area (Å²) in [6, 6.07) is 8.50. The van der Waals surface area contributed by atoms with Crippen molar-refractivity contribution in [2.75, 3.05) is 6.54 Å². The topological polar surface area (TPSA) is 33.2 Å². The van der Waals surface area contributed by atoms with Crippen LogP contribution in [0, 0.1) is 12.8 Å². The number of hydrogen-bond donors (Lipinski definition) is 0. The lowest BCUT2D eigenvalue weighted by molar-refractivity contribution is -0.136. The number of carbonyl (C=O) groups excluding carboxylic acids is 1. The molecular formula is C18H20N2OS. The number of rotatable bonds is 1. The maximum Gasteiger partial charge on any atom is 0.226 e. The molecule has 1 aliphatic carbocycles. The van der Waals surface area contributed by atoms with Crippen LogP contribution in [0.5, 0.6) is 0 Å². The molecule has 1 aromatic heterocycles. The summed E-state index contributed by atoms with van der Waals surface area (Å²) in [5.74, 6) is 0.490. The Kier molecular flexibility index (Phi) is 3.49. The Bertz CT molecular complexity index is 722. The molecule has 0 fully saturated rings. The monoisotopic (exact) mass is 312 g/mol. The van der Waals surface area contributed by atoms with Crippen LogP contribution in [0.25, 0.3) is 0 Å². The minimum absolute atomic E-state index is 0.151. The van der Waals surface area contributed by atoms with E-state index in [0.29, 0.717) is 5.91 Å². The first-order valence-electron chi connectivity index (χ1n) is 8.01. The van der Waals surface area contributed by atoms with Crippen molar-refractivity contribution in [2.24, 2.45) is 5.92 Å². The van der Waals surface area contributed by atoms with E-state index >= 15 is 0 Å². The van der Waals surface area contributed by atoms with E-state index < -0.39 is 0 Å². The highest BCUT2D eigenvalue weighted by atomic mass is 32.1. The average Bonchev–Trinajstić information content (AvgIpc) is 2.92. The lowest BCUT2D eigenvalue weighted by Gasteiger charge is -2.32. The second-order valence-corrected chi connectivity index (χ2v) is 7.61. The van der Waals surface area contributed by atoms with Crippen LogP contribution in [0.1, 0.15) is 33.1 Å². The SMILES string of the molecule is Cc1nc2c(s1)CC(C(=O)N1CCc3ccccc3C1)CC2. The molecule has 1 aliphatic heterocycles. The molecule has 2 aliphatic rings. The standard InChI is InChI=1S/C18H20N2OS/c1-12-19-16-7-6-14(10-17(16)22-12)18(21)20-9-8-13-4-2-3-5-15(13)11-20/h2-5,14H,6-11H2,1H3. The summed E-state index contributed by atoms with van der Waals surface area (Å²) in [5, 5.41) is 1.13. The predicted molar refractivity (Wildman–Crippen MR) is 87.9 cm³/mol. The van der Waals surface area contributed by atoms with Crippen LogP contribution in [-0.2, 0) is 30.6 Å². The largest absolute Gasteiger partial charge is 0.338 e. The van der Waals surface area contributed by atoms with Crippen molar-refractivity contribution in [1.29, 1.82) is 0 Å². The fourth-order valence-corrected chi connectivity index (χ4v) is 4.72. The maximum absolute atomic E-state index is 12.9. The zero-order chi connectivity index (χ0) is 15.1. The zero-order valence-electron chi connectivity index (χ0n) is 12.8. The Morgan fingerprint density at radius 2 is 2.09 bits per heavy atom. The summed E-state index contributed by atoms with van der Waals surface area (Å²) < 4.78 is 0. The molecule has 1 atom stereocenters. The molecule has 22 heavy (non-hydrogen) atoms. The number of amides is 1. The number of aryl methyl sites for hydroxylation is 2. The third-order valence-electron chi connectivity index (χ3n) is 4.84. The van der Waals surface area contributed by atoms with E-state index in [1.807, 2.05) is 0 Å². The maximum atomic E-state index is 12.9. The summed E-state index contributed by atoms with van der Waals surface area (Å²) in [6.07, 6.45) is 3.78. The van der Waals surface area contributed by atoms with E-state index in [1.54, 1.807) is 11.3 Å². The normalized spacial score (nSPS) is 20.4. The van der Waals surface area contributed by atoms with Gasteiger partial charge >= 0.3 is 0 Å². The minimum Gasteiger partial charge on any atom is -0.338 e. The summed E-state index contributed by atoms with van der Waals surface area (Å²) in [7, 11) is 0. The Morgan fingerprint density at radius 1 is 1.27 bits per heavy atom. The molecule has 0 spiro atoms. The zero-order valence-corrected chi connectivity index (χ0v) is 13.7. The van der Waals surface area contributed by atoms with E-state index in [1.165, 1.54) is 21.7 Å². The molecule has 2 aromatic rings. The molecule has 4 rings (SSSR count). The number of thiazole rings is 1. The molecule has 1 unspecified atom stereocenters. The molecule has 0 bridgehead atoms. The van der Waals surface area contributed by atoms with Gasteiger partial charge < -0.3 is 4.90 Å². The highest BCUT2D eigenvalue weighted by Gasteiger charge is 2.31. The van der Waals surface area contributed by atoms with Gasteiger partial charge in [0.05, 0.1) is 10.7 Å². The van der Waals surface area contributed by atoms with Gasteiger partial charge in [-0.05, 0) is 43.7 Å². The van der Waals surface area contributed by atoms with Crippen LogP contribution in [0.15, 0.2) is 24.3 Å². The molecular weight excluding hydrogens is 292 g/mol. The van der Waals surface area contributed by atoms with Crippen molar-refractivity contribution in [1.82, 2.24) is 9.88 Å². The number of nitrogens with zero attached hydrogens (tertiary/aromatic N) is 2. The van der Waals surface area contributed by atoms with E-state index in [-0.39, 0.29) is 5.92 Å². The number of hydrogen-bond acceptors (Lipinski definition) is 3.